The minimum absolute atomic E-state index is 0.133. The molecule has 148 valence electrons. The van der Waals surface area contributed by atoms with Gasteiger partial charge in [-0.3, -0.25) is 0 Å². The summed E-state index contributed by atoms with van der Waals surface area (Å²) >= 11 is 1.67. The molecule has 3 aromatic rings. The maximum atomic E-state index is 6.10. The first-order chi connectivity index (χ1) is 13.8. The molecule has 0 spiro atoms. The predicted octanol–water partition coefficient (Wildman–Crippen LogP) is 4.13. The van der Waals surface area contributed by atoms with E-state index in [1.165, 1.54) is 29.4 Å². The van der Waals surface area contributed by atoms with Gasteiger partial charge in [0.1, 0.15) is 21.7 Å². The van der Waals surface area contributed by atoms with Crippen LogP contribution in [0.4, 0.5) is 5.82 Å². The third-order valence-corrected chi connectivity index (χ3v) is 6.93. The molecule has 0 amide bonds. The molecule has 3 aromatic heterocycles. The fourth-order valence-electron chi connectivity index (χ4n) is 4.21. The van der Waals surface area contributed by atoms with Gasteiger partial charge in [0.25, 0.3) is 0 Å². The predicted molar refractivity (Wildman–Crippen MR) is 113 cm³/mol. The van der Waals surface area contributed by atoms with Crippen molar-refractivity contribution in [1.82, 2.24) is 15.0 Å². The van der Waals surface area contributed by atoms with Crippen LogP contribution in [0.25, 0.3) is 20.4 Å². The summed E-state index contributed by atoms with van der Waals surface area (Å²) in [5.41, 5.74) is 3.87. The van der Waals surface area contributed by atoms with Crippen LogP contribution in [0.2, 0.25) is 0 Å². The Balaban J connectivity index is 1.72. The highest BCUT2D eigenvalue weighted by atomic mass is 32.1. The number of pyridine rings is 1. The quantitative estimate of drug-likeness (QED) is 0.658. The molecule has 2 aliphatic rings. The van der Waals surface area contributed by atoms with Crippen LogP contribution in [0, 0.1) is 0 Å². The van der Waals surface area contributed by atoms with Crippen LogP contribution in [0.3, 0.4) is 0 Å². The minimum Gasteiger partial charge on any atom is -0.474 e. The maximum Gasteiger partial charge on any atom is 0.235 e. The summed E-state index contributed by atoms with van der Waals surface area (Å²) in [6.07, 6.45) is 7.38. The standard InChI is InChI=1S/C21H26N4O2S/c1-3-13(2)27-20-18-17(22-12-23-20)16-14-6-4-5-7-15(14)19(24-21(16)28-18)25-8-10-26-11-9-25/h12-13H,3-11H2,1-2H3. The highest BCUT2D eigenvalue weighted by Crippen LogP contribution is 2.43. The van der Waals surface area contributed by atoms with Crippen LogP contribution in [0.1, 0.15) is 44.2 Å². The van der Waals surface area contributed by atoms with Crippen LogP contribution in [0.15, 0.2) is 6.33 Å². The Kier molecular flexibility index (Phi) is 4.80. The molecule has 1 fully saturated rings. The smallest absolute Gasteiger partial charge is 0.235 e. The minimum atomic E-state index is 0.133. The van der Waals surface area contributed by atoms with Gasteiger partial charge in [-0.25, -0.2) is 15.0 Å². The van der Waals surface area contributed by atoms with E-state index in [0.717, 1.165) is 66.4 Å². The fourth-order valence-corrected chi connectivity index (χ4v) is 5.30. The van der Waals surface area contributed by atoms with E-state index < -0.39 is 0 Å². The second-order valence-corrected chi connectivity index (χ2v) is 8.67. The van der Waals surface area contributed by atoms with Crippen LogP contribution >= 0.6 is 11.3 Å². The molecule has 7 heteroatoms. The molecule has 0 aromatic carbocycles. The van der Waals surface area contributed by atoms with E-state index >= 15 is 0 Å². The number of fused-ring (bicyclic) bond motifs is 5. The SMILES string of the molecule is CCC(C)Oc1ncnc2c1sc1nc(N3CCOCC3)c3c(c12)CCCC3. The third-order valence-electron chi connectivity index (χ3n) is 5.87. The monoisotopic (exact) mass is 398 g/mol. The Morgan fingerprint density at radius 3 is 2.75 bits per heavy atom. The van der Waals surface area contributed by atoms with Crippen molar-refractivity contribution in [1.29, 1.82) is 0 Å². The van der Waals surface area contributed by atoms with Crippen LogP contribution in [-0.2, 0) is 17.6 Å². The molecule has 1 aliphatic carbocycles. The molecule has 1 saturated heterocycles. The zero-order valence-electron chi connectivity index (χ0n) is 16.5. The molecule has 4 heterocycles. The molecule has 1 unspecified atom stereocenters. The number of morpholine rings is 1. The zero-order chi connectivity index (χ0) is 19.1. The van der Waals surface area contributed by atoms with Gasteiger partial charge in [-0.15, -0.1) is 11.3 Å². The Morgan fingerprint density at radius 1 is 1.18 bits per heavy atom. The summed E-state index contributed by atoms with van der Waals surface area (Å²) in [4.78, 5) is 17.7. The molecule has 28 heavy (non-hydrogen) atoms. The summed E-state index contributed by atoms with van der Waals surface area (Å²) in [5, 5.41) is 1.23. The van der Waals surface area contributed by atoms with Gasteiger partial charge in [0, 0.05) is 18.5 Å². The average molecular weight is 399 g/mol. The van der Waals surface area contributed by atoms with Gasteiger partial charge < -0.3 is 14.4 Å². The van der Waals surface area contributed by atoms with Crippen molar-refractivity contribution < 1.29 is 9.47 Å². The molecule has 0 saturated carbocycles. The van der Waals surface area contributed by atoms with E-state index in [-0.39, 0.29) is 6.10 Å². The number of nitrogens with zero attached hydrogens (tertiary/aromatic N) is 4. The molecule has 1 aliphatic heterocycles. The summed E-state index contributed by atoms with van der Waals surface area (Å²) in [5.74, 6) is 1.86. The second kappa shape index (κ2) is 7.44. The number of aryl methyl sites for hydroxylation is 1. The summed E-state index contributed by atoms with van der Waals surface area (Å²) in [6.45, 7) is 7.59. The Morgan fingerprint density at radius 2 is 1.96 bits per heavy atom. The molecule has 5 rings (SSSR count). The molecule has 0 bridgehead atoms. The van der Waals surface area contributed by atoms with Crippen LogP contribution in [-0.4, -0.2) is 47.4 Å². The molecule has 6 nitrogen and oxygen atoms in total. The van der Waals surface area contributed by atoms with Gasteiger partial charge in [-0.2, -0.15) is 0 Å². The Hall–Kier alpha value is -1.99. The van der Waals surface area contributed by atoms with Crippen molar-refractivity contribution >= 4 is 37.6 Å². The van der Waals surface area contributed by atoms with Crippen molar-refractivity contribution in [3.05, 3.63) is 17.5 Å². The molecular formula is C21H26N4O2S. The third kappa shape index (κ3) is 3.01. The van der Waals surface area contributed by atoms with E-state index in [1.54, 1.807) is 17.7 Å². The van der Waals surface area contributed by atoms with Crippen molar-refractivity contribution in [3.8, 4) is 5.88 Å². The largest absolute Gasteiger partial charge is 0.474 e. The van der Waals surface area contributed by atoms with Crippen molar-refractivity contribution in [2.45, 2.75) is 52.1 Å². The van der Waals surface area contributed by atoms with Crippen LogP contribution in [0.5, 0.6) is 5.88 Å². The van der Waals surface area contributed by atoms with Gasteiger partial charge in [-0.1, -0.05) is 6.92 Å². The van der Waals surface area contributed by atoms with Gasteiger partial charge in [0.2, 0.25) is 5.88 Å². The number of thiophene rings is 1. The molecule has 0 N–H and O–H groups in total. The number of anilines is 1. The molecular weight excluding hydrogens is 372 g/mol. The summed E-state index contributed by atoms with van der Waals surface area (Å²) in [7, 11) is 0. The van der Waals surface area contributed by atoms with E-state index in [9.17, 15) is 0 Å². The highest BCUT2D eigenvalue weighted by molar-refractivity contribution is 7.25. The topological polar surface area (TPSA) is 60.4 Å². The number of aromatic nitrogens is 3. The van der Waals surface area contributed by atoms with Crippen molar-refractivity contribution in [3.63, 3.8) is 0 Å². The molecule has 1 atom stereocenters. The second-order valence-electron chi connectivity index (χ2n) is 7.67. The summed E-state index contributed by atoms with van der Waals surface area (Å²) in [6, 6.07) is 0. The molecule has 0 radical (unpaired) electrons. The lowest BCUT2D eigenvalue weighted by molar-refractivity contribution is 0.122. The lowest BCUT2D eigenvalue weighted by Crippen LogP contribution is -2.37. The first-order valence-corrected chi connectivity index (χ1v) is 11.2. The number of ether oxygens (including phenoxy) is 2. The normalized spacial score (nSPS) is 18.4. The maximum absolute atomic E-state index is 6.10. The number of rotatable bonds is 4. The average Bonchev–Trinajstić information content (AvgIpc) is 3.13. The number of hydrogen-bond donors (Lipinski definition) is 0. The lowest BCUT2D eigenvalue weighted by atomic mass is 9.90. The van der Waals surface area contributed by atoms with Crippen molar-refractivity contribution in [2.75, 3.05) is 31.2 Å². The Labute approximate surface area is 168 Å². The highest BCUT2D eigenvalue weighted by Gasteiger charge is 2.26. The zero-order valence-corrected chi connectivity index (χ0v) is 17.3. The van der Waals surface area contributed by atoms with Crippen LogP contribution < -0.4 is 9.64 Å². The van der Waals surface area contributed by atoms with E-state index in [1.807, 2.05) is 0 Å². The van der Waals surface area contributed by atoms with Gasteiger partial charge in [0.15, 0.2) is 0 Å². The van der Waals surface area contributed by atoms with E-state index in [2.05, 4.69) is 28.7 Å². The van der Waals surface area contributed by atoms with E-state index in [4.69, 9.17) is 14.5 Å². The Bertz CT molecular complexity index is 1010. The van der Waals surface area contributed by atoms with E-state index in [0.29, 0.717) is 5.88 Å². The lowest BCUT2D eigenvalue weighted by Gasteiger charge is -2.31. The van der Waals surface area contributed by atoms with Gasteiger partial charge >= 0.3 is 0 Å². The number of hydrogen-bond acceptors (Lipinski definition) is 7. The first kappa shape index (κ1) is 18.1. The fraction of sp³-hybridized carbons (Fsp3) is 0.571. The van der Waals surface area contributed by atoms with Gasteiger partial charge in [0.05, 0.1) is 24.8 Å². The summed E-state index contributed by atoms with van der Waals surface area (Å²) < 4.78 is 12.7. The van der Waals surface area contributed by atoms with Crippen molar-refractivity contribution in [2.24, 2.45) is 0 Å². The first-order valence-electron chi connectivity index (χ1n) is 10.3. The van der Waals surface area contributed by atoms with Gasteiger partial charge in [-0.05, 0) is 50.2 Å².